The van der Waals surface area contributed by atoms with E-state index in [9.17, 15) is 4.79 Å². The first-order valence-electron chi connectivity index (χ1n) is 7.64. The van der Waals surface area contributed by atoms with E-state index in [4.69, 9.17) is 20.6 Å². The first-order valence-corrected chi connectivity index (χ1v) is 7.64. The molecule has 0 saturated heterocycles. The Labute approximate surface area is 137 Å². The summed E-state index contributed by atoms with van der Waals surface area (Å²) in [5, 5.41) is 7.71. The molecule has 1 atom stereocenters. The van der Waals surface area contributed by atoms with Crippen LogP contribution in [-0.2, 0) is 11.2 Å². The van der Waals surface area contributed by atoms with Crippen molar-refractivity contribution in [3.05, 3.63) is 22.3 Å². The Hall–Kier alpha value is -2.24. The zero-order chi connectivity index (χ0) is 17.5. The van der Waals surface area contributed by atoms with Crippen molar-refractivity contribution in [1.82, 2.24) is 4.90 Å². The van der Waals surface area contributed by atoms with Crippen LogP contribution in [0.3, 0.4) is 0 Å². The number of benzene rings is 1. The first-order chi connectivity index (χ1) is 10.6. The minimum atomic E-state index is -0.955. The van der Waals surface area contributed by atoms with E-state index in [1.54, 1.807) is 14.0 Å². The molecule has 0 aliphatic carbocycles. The van der Waals surface area contributed by atoms with Crippen LogP contribution < -0.4 is 15.2 Å². The molecule has 1 heterocycles. The minimum absolute atomic E-state index is 0.303. The number of hydrogen-bond donors (Lipinski definition) is 2. The molecule has 0 spiro atoms. The molecule has 1 aromatic rings. The van der Waals surface area contributed by atoms with Gasteiger partial charge in [-0.2, -0.15) is 0 Å². The number of methoxy groups -OCH3 is 1. The van der Waals surface area contributed by atoms with E-state index in [2.05, 4.69) is 0 Å². The summed E-state index contributed by atoms with van der Waals surface area (Å²) in [4.78, 5) is 13.1. The molecule has 126 valence electrons. The molecule has 1 aliphatic rings. The van der Waals surface area contributed by atoms with Gasteiger partial charge in [0, 0.05) is 18.9 Å². The summed E-state index contributed by atoms with van der Waals surface area (Å²) in [6.45, 7) is 9.18. The highest BCUT2D eigenvalue weighted by Gasteiger charge is 2.42. The highest BCUT2D eigenvalue weighted by Crippen LogP contribution is 2.44. The van der Waals surface area contributed by atoms with Crippen molar-refractivity contribution in [2.45, 2.75) is 53.2 Å². The molecule has 23 heavy (non-hydrogen) atoms. The van der Waals surface area contributed by atoms with Crippen LogP contribution in [0.5, 0.6) is 11.5 Å². The number of ether oxygens (including phenoxy) is 2. The number of rotatable bonds is 2. The third-order valence-corrected chi connectivity index (χ3v) is 4.70. The molecule has 3 N–H and O–H groups in total. The lowest BCUT2D eigenvalue weighted by atomic mass is 9.89. The first kappa shape index (κ1) is 17.1. The molecular formula is C17H25N3O3. The van der Waals surface area contributed by atoms with Crippen LogP contribution in [0, 0.1) is 26.2 Å². The summed E-state index contributed by atoms with van der Waals surface area (Å²) in [5.41, 5.74) is 8.81. The quantitative estimate of drug-likeness (QED) is 0.647. The maximum atomic E-state index is 11.9. The van der Waals surface area contributed by atoms with Gasteiger partial charge in [-0.25, -0.2) is 4.90 Å². The van der Waals surface area contributed by atoms with Gasteiger partial charge in [0.15, 0.2) is 11.7 Å². The maximum absolute atomic E-state index is 11.9. The van der Waals surface area contributed by atoms with Gasteiger partial charge in [0.05, 0.1) is 7.11 Å². The SMILES string of the molecule is COc1c(C)c(C)c2c(c1C)CCC(C)(N(C(=N)N)C(C)=O)O2. The number of carbonyl (C=O) groups excluding carboxylic acids is 1. The zero-order valence-corrected chi connectivity index (χ0v) is 14.7. The fourth-order valence-electron chi connectivity index (χ4n) is 3.44. The van der Waals surface area contributed by atoms with Crippen molar-refractivity contribution in [1.29, 1.82) is 5.41 Å². The molecule has 6 heteroatoms. The van der Waals surface area contributed by atoms with Gasteiger partial charge in [-0.05, 0) is 50.8 Å². The molecule has 0 bridgehead atoms. The molecule has 2 rings (SSSR count). The van der Waals surface area contributed by atoms with E-state index in [1.807, 2.05) is 20.8 Å². The van der Waals surface area contributed by atoms with Crippen molar-refractivity contribution in [3.8, 4) is 11.5 Å². The molecule has 6 nitrogen and oxygen atoms in total. The van der Waals surface area contributed by atoms with Gasteiger partial charge in [-0.15, -0.1) is 0 Å². The lowest BCUT2D eigenvalue weighted by Crippen LogP contribution is -2.59. The standard InChI is InChI=1S/C17H25N3O3/c1-9-10(2)15-13(11(3)14(9)22-6)7-8-17(5,23-15)20(12(4)21)16(18)19/h7-8H2,1-6H3,(H3,18,19). The minimum Gasteiger partial charge on any atom is -0.496 e. The normalized spacial score (nSPS) is 19.6. The van der Waals surface area contributed by atoms with E-state index in [0.29, 0.717) is 6.42 Å². The number of nitrogens with two attached hydrogens (primary N) is 1. The number of amides is 1. The third kappa shape index (κ3) is 2.62. The molecule has 1 amide bonds. The Morgan fingerprint density at radius 3 is 2.39 bits per heavy atom. The number of nitrogens with one attached hydrogen (secondary N) is 1. The Balaban J connectivity index is 2.57. The molecule has 0 saturated carbocycles. The van der Waals surface area contributed by atoms with Crippen LogP contribution in [0.25, 0.3) is 0 Å². The lowest BCUT2D eigenvalue weighted by Gasteiger charge is -2.43. The van der Waals surface area contributed by atoms with E-state index in [1.165, 1.54) is 11.8 Å². The van der Waals surface area contributed by atoms with Crippen molar-refractivity contribution >= 4 is 11.9 Å². The summed E-state index contributed by atoms with van der Waals surface area (Å²) in [5.74, 6) is 1.04. The average Bonchev–Trinajstić information content (AvgIpc) is 2.44. The maximum Gasteiger partial charge on any atom is 0.229 e. The molecule has 0 aromatic heterocycles. The zero-order valence-electron chi connectivity index (χ0n) is 14.7. The van der Waals surface area contributed by atoms with Gasteiger partial charge in [0.25, 0.3) is 0 Å². The van der Waals surface area contributed by atoms with Gasteiger partial charge in [0.2, 0.25) is 5.91 Å². The average molecular weight is 319 g/mol. The number of guanidine groups is 1. The van der Waals surface area contributed by atoms with E-state index < -0.39 is 5.72 Å². The van der Waals surface area contributed by atoms with Gasteiger partial charge in [-0.3, -0.25) is 10.2 Å². The summed E-state index contributed by atoms with van der Waals surface area (Å²) >= 11 is 0. The second-order valence-electron chi connectivity index (χ2n) is 6.23. The Kier molecular flexibility index (Phi) is 4.28. The molecule has 1 aromatic carbocycles. The van der Waals surface area contributed by atoms with Crippen LogP contribution in [-0.4, -0.2) is 29.6 Å². The highest BCUT2D eigenvalue weighted by molar-refractivity contribution is 5.94. The number of carbonyl (C=O) groups is 1. The largest absolute Gasteiger partial charge is 0.496 e. The van der Waals surface area contributed by atoms with E-state index in [-0.39, 0.29) is 11.9 Å². The Morgan fingerprint density at radius 1 is 1.30 bits per heavy atom. The summed E-state index contributed by atoms with van der Waals surface area (Å²) in [7, 11) is 1.67. The highest BCUT2D eigenvalue weighted by atomic mass is 16.5. The summed E-state index contributed by atoms with van der Waals surface area (Å²) in [6, 6.07) is 0. The summed E-state index contributed by atoms with van der Waals surface area (Å²) < 4.78 is 11.7. The fraction of sp³-hybridized carbons (Fsp3) is 0.529. The molecule has 0 fully saturated rings. The van der Waals surface area contributed by atoms with Gasteiger partial charge in [-0.1, -0.05) is 0 Å². The number of fused-ring (bicyclic) bond motifs is 1. The lowest BCUT2D eigenvalue weighted by molar-refractivity contribution is -0.140. The van der Waals surface area contributed by atoms with Crippen LogP contribution in [0.4, 0.5) is 0 Å². The second kappa shape index (κ2) is 5.76. The van der Waals surface area contributed by atoms with Crippen molar-refractivity contribution in [3.63, 3.8) is 0 Å². The van der Waals surface area contributed by atoms with Gasteiger partial charge >= 0.3 is 0 Å². The second-order valence-corrected chi connectivity index (χ2v) is 6.23. The van der Waals surface area contributed by atoms with E-state index >= 15 is 0 Å². The number of hydrogen-bond acceptors (Lipinski definition) is 4. The molecular weight excluding hydrogens is 294 g/mol. The molecule has 1 aliphatic heterocycles. The Morgan fingerprint density at radius 2 is 1.91 bits per heavy atom. The predicted octanol–water partition coefficient (Wildman–Crippen LogP) is 2.40. The molecule has 0 radical (unpaired) electrons. The fourth-order valence-corrected chi connectivity index (χ4v) is 3.44. The van der Waals surface area contributed by atoms with Gasteiger partial charge < -0.3 is 15.2 Å². The topological polar surface area (TPSA) is 88.6 Å². The van der Waals surface area contributed by atoms with Crippen molar-refractivity contribution in [2.24, 2.45) is 5.73 Å². The summed E-state index contributed by atoms with van der Waals surface area (Å²) in [6.07, 6.45) is 1.29. The number of nitrogens with zero attached hydrogens (tertiary/aromatic N) is 1. The molecule has 1 unspecified atom stereocenters. The monoisotopic (exact) mass is 319 g/mol. The Bertz CT molecular complexity index is 670. The van der Waals surface area contributed by atoms with E-state index in [0.717, 1.165) is 40.2 Å². The van der Waals surface area contributed by atoms with Crippen LogP contribution in [0.15, 0.2) is 0 Å². The smallest absolute Gasteiger partial charge is 0.229 e. The third-order valence-electron chi connectivity index (χ3n) is 4.70. The van der Waals surface area contributed by atoms with Crippen molar-refractivity contribution < 1.29 is 14.3 Å². The van der Waals surface area contributed by atoms with Crippen LogP contribution in [0.1, 0.15) is 42.5 Å². The van der Waals surface area contributed by atoms with Gasteiger partial charge in [0.1, 0.15) is 11.5 Å². The van der Waals surface area contributed by atoms with Crippen LogP contribution in [0.2, 0.25) is 0 Å². The predicted molar refractivity (Wildman–Crippen MR) is 89.0 cm³/mol. The van der Waals surface area contributed by atoms with Crippen molar-refractivity contribution in [2.75, 3.05) is 7.11 Å². The van der Waals surface area contributed by atoms with Crippen LogP contribution >= 0.6 is 0 Å².